The van der Waals surface area contributed by atoms with Gasteiger partial charge in [0, 0.05) is 19.6 Å². The number of fused-ring (bicyclic) bond motifs is 1. The molecular formula is C23H22N2O3. The van der Waals surface area contributed by atoms with Crippen molar-refractivity contribution in [3.05, 3.63) is 83.6 Å². The fraction of sp³-hybridized carbons (Fsp3) is 0.217. The zero-order valence-electron chi connectivity index (χ0n) is 15.9. The largest absolute Gasteiger partial charge is 0.497 e. The predicted octanol–water partition coefficient (Wildman–Crippen LogP) is 3.02. The van der Waals surface area contributed by atoms with Gasteiger partial charge < -0.3 is 9.64 Å². The lowest BCUT2D eigenvalue weighted by molar-refractivity contribution is -0.136. The fourth-order valence-electron chi connectivity index (χ4n) is 3.86. The number of hydrogen-bond donors (Lipinski definition) is 0. The molecule has 2 aromatic carbocycles. The Morgan fingerprint density at radius 3 is 2.43 bits per heavy atom. The van der Waals surface area contributed by atoms with E-state index in [2.05, 4.69) is 18.7 Å². The summed E-state index contributed by atoms with van der Waals surface area (Å²) in [5.41, 5.74) is 4.14. The Labute approximate surface area is 164 Å². The molecule has 28 heavy (non-hydrogen) atoms. The van der Waals surface area contributed by atoms with Crippen molar-refractivity contribution in [1.29, 1.82) is 0 Å². The summed E-state index contributed by atoms with van der Waals surface area (Å²) < 4.78 is 5.22. The minimum Gasteiger partial charge on any atom is -0.497 e. The van der Waals surface area contributed by atoms with Crippen LogP contribution in [0.4, 0.5) is 0 Å². The maximum atomic E-state index is 13.2. The Morgan fingerprint density at radius 1 is 1.04 bits per heavy atom. The summed E-state index contributed by atoms with van der Waals surface area (Å²) in [6.07, 6.45) is 2.42. The van der Waals surface area contributed by atoms with Crippen LogP contribution >= 0.6 is 0 Å². The average molecular weight is 374 g/mol. The minimum absolute atomic E-state index is 0.200. The van der Waals surface area contributed by atoms with Gasteiger partial charge in [0.25, 0.3) is 11.8 Å². The molecule has 0 radical (unpaired) electrons. The molecule has 2 aromatic rings. The van der Waals surface area contributed by atoms with Gasteiger partial charge in [0.15, 0.2) is 0 Å². The van der Waals surface area contributed by atoms with Crippen molar-refractivity contribution in [2.75, 3.05) is 20.2 Å². The highest BCUT2D eigenvalue weighted by atomic mass is 16.5. The van der Waals surface area contributed by atoms with E-state index in [1.54, 1.807) is 25.3 Å². The second-order valence-corrected chi connectivity index (χ2v) is 6.90. The standard InChI is InChI=1S/C23H22N2O3/c1-3-13-25-22(26)20(17-8-10-19(28-2)11-9-17)21(23(25)27)24-14-12-16-6-4-5-7-18(16)15-24/h3-11H,1,12-15H2,2H3. The van der Waals surface area contributed by atoms with Crippen LogP contribution in [-0.4, -0.2) is 41.8 Å². The van der Waals surface area contributed by atoms with Crippen molar-refractivity contribution in [2.24, 2.45) is 0 Å². The number of methoxy groups -OCH3 is 1. The van der Waals surface area contributed by atoms with Gasteiger partial charge in [0.1, 0.15) is 11.4 Å². The number of amides is 2. The van der Waals surface area contributed by atoms with E-state index in [1.807, 2.05) is 29.2 Å². The highest BCUT2D eigenvalue weighted by Gasteiger charge is 2.41. The number of carbonyl (C=O) groups excluding carboxylic acids is 2. The van der Waals surface area contributed by atoms with Crippen LogP contribution in [0.25, 0.3) is 5.57 Å². The van der Waals surface area contributed by atoms with E-state index in [0.717, 1.165) is 12.0 Å². The van der Waals surface area contributed by atoms with Gasteiger partial charge in [-0.1, -0.05) is 42.5 Å². The molecule has 2 heterocycles. The number of ether oxygens (including phenoxy) is 1. The van der Waals surface area contributed by atoms with Gasteiger partial charge >= 0.3 is 0 Å². The first-order valence-electron chi connectivity index (χ1n) is 9.31. The molecule has 5 heteroatoms. The van der Waals surface area contributed by atoms with Crippen LogP contribution in [0.2, 0.25) is 0 Å². The summed E-state index contributed by atoms with van der Waals surface area (Å²) in [4.78, 5) is 29.6. The van der Waals surface area contributed by atoms with Gasteiger partial charge in [-0.25, -0.2) is 0 Å². The van der Waals surface area contributed by atoms with Gasteiger partial charge in [-0.3, -0.25) is 14.5 Å². The summed E-state index contributed by atoms with van der Waals surface area (Å²) >= 11 is 0. The molecule has 142 valence electrons. The van der Waals surface area contributed by atoms with E-state index in [0.29, 0.717) is 30.1 Å². The SMILES string of the molecule is C=CCN1C(=O)C(c2ccc(OC)cc2)=C(N2CCc3ccccc3C2)C1=O. The van der Waals surface area contributed by atoms with Gasteiger partial charge in [-0.15, -0.1) is 6.58 Å². The molecule has 0 spiro atoms. The van der Waals surface area contributed by atoms with E-state index in [1.165, 1.54) is 16.0 Å². The van der Waals surface area contributed by atoms with Gasteiger partial charge in [-0.2, -0.15) is 0 Å². The van der Waals surface area contributed by atoms with Crippen LogP contribution in [-0.2, 0) is 22.6 Å². The van der Waals surface area contributed by atoms with E-state index in [4.69, 9.17) is 4.74 Å². The molecule has 0 bridgehead atoms. The van der Waals surface area contributed by atoms with Crippen molar-refractivity contribution in [3.63, 3.8) is 0 Å². The molecule has 0 atom stereocenters. The molecule has 2 amide bonds. The third kappa shape index (κ3) is 2.99. The molecule has 0 unspecified atom stereocenters. The number of nitrogens with zero attached hydrogens (tertiary/aromatic N) is 2. The molecule has 0 aromatic heterocycles. The lowest BCUT2D eigenvalue weighted by Gasteiger charge is -2.31. The second kappa shape index (κ2) is 7.35. The molecule has 2 aliphatic rings. The van der Waals surface area contributed by atoms with E-state index < -0.39 is 0 Å². The topological polar surface area (TPSA) is 49.9 Å². The first-order valence-corrected chi connectivity index (χ1v) is 9.31. The Balaban J connectivity index is 1.78. The number of hydrogen-bond acceptors (Lipinski definition) is 4. The quantitative estimate of drug-likeness (QED) is 0.596. The molecule has 0 saturated heterocycles. The van der Waals surface area contributed by atoms with E-state index >= 15 is 0 Å². The second-order valence-electron chi connectivity index (χ2n) is 6.90. The van der Waals surface area contributed by atoms with Crippen LogP contribution in [0.5, 0.6) is 5.75 Å². The third-order valence-corrected chi connectivity index (χ3v) is 5.28. The average Bonchev–Trinajstić information content (AvgIpc) is 2.98. The first kappa shape index (κ1) is 18.0. The van der Waals surface area contributed by atoms with Crippen molar-refractivity contribution in [3.8, 4) is 5.75 Å². The molecule has 4 rings (SSSR count). The van der Waals surface area contributed by atoms with Gasteiger partial charge in [0.05, 0.1) is 12.7 Å². The number of rotatable bonds is 5. The monoisotopic (exact) mass is 374 g/mol. The van der Waals surface area contributed by atoms with Crippen LogP contribution in [0.3, 0.4) is 0 Å². The smallest absolute Gasteiger partial charge is 0.278 e. The Kier molecular flexibility index (Phi) is 4.74. The molecule has 0 saturated carbocycles. The van der Waals surface area contributed by atoms with E-state index in [9.17, 15) is 9.59 Å². The minimum atomic E-state index is -0.274. The van der Waals surface area contributed by atoms with Crippen LogP contribution in [0.15, 0.2) is 66.9 Å². The maximum Gasteiger partial charge on any atom is 0.278 e. The number of carbonyl (C=O) groups is 2. The molecule has 0 N–H and O–H groups in total. The van der Waals surface area contributed by atoms with Crippen LogP contribution in [0, 0.1) is 0 Å². The molecule has 2 aliphatic heterocycles. The Morgan fingerprint density at radius 2 is 1.75 bits per heavy atom. The fourth-order valence-corrected chi connectivity index (χ4v) is 3.86. The highest BCUT2D eigenvalue weighted by molar-refractivity contribution is 6.35. The molecule has 5 nitrogen and oxygen atoms in total. The molecule has 0 fully saturated rings. The first-order chi connectivity index (χ1) is 13.6. The van der Waals surface area contributed by atoms with Crippen molar-refractivity contribution in [1.82, 2.24) is 9.80 Å². The summed E-state index contributed by atoms with van der Waals surface area (Å²) in [5.74, 6) is 0.177. The molecule has 0 aliphatic carbocycles. The van der Waals surface area contributed by atoms with Crippen molar-refractivity contribution in [2.45, 2.75) is 13.0 Å². The normalized spacial score (nSPS) is 16.5. The zero-order chi connectivity index (χ0) is 19.7. The number of benzene rings is 2. The summed E-state index contributed by atoms with van der Waals surface area (Å²) in [6.45, 7) is 5.20. The lowest BCUT2D eigenvalue weighted by Crippen LogP contribution is -2.37. The van der Waals surface area contributed by atoms with E-state index in [-0.39, 0.29) is 18.4 Å². The lowest BCUT2D eigenvalue weighted by atomic mass is 9.98. The Hall–Kier alpha value is -3.34. The van der Waals surface area contributed by atoms with Crippen molar-refractivity contribution >= 4 is 17.4 Å². The van der Waals surface area contributed by atoms with Crippen LogP contribution in [0.1, 0.15) is 16.7 Å². The third-order valence-electron chi connectivity index (χ3n) is 5.28. The summed E-state index contributed by atoms with van der Waals surface area (Å²) in [6, 6.07) is 15.5. The number of imide groups is 1. The molecular weight excluding hydrogens is 352 g/mol. The van der Waals surface area contributed by atoms with Crippen LogP contribution < -0.4 is 4.74 Å². The van der Waals surface area contributed by atoms with Gasteiger partial charge in [0.2, 0.25) is 0 Å². The zero-order valence-corrected chi connectivity index (χ0v) is 15.9. The maximum absolute atomic E-state index is 13.2. The predicted molar refractivity (Wildman–Crippen MR) is 107 cm³/mol. The van der Waals surface area contributed by atoms with Crippen molar-refractivity contribution < 1.29 is 14.3 Å². The summed E-state index contributed by atoms with van der Waals surface area (Å²) in [5, 5.41) is 0. The highest BCUT2D eigenvalue weighted by Crippen LogP contribution is 2.34. The Bertz CT molecular complexity index is 976. The summed E-state index contributed by atoms with van der Waals surface area (Å²) in [7, 11) is 1.60. The van der Waals surface area contributed by atoms with Gasteiger partial charge in [-0.05, 0) is 35.2 Å².